The maximum atomic E-state index is 12.9. The number of nitrogens with one attached hydrogen (secondary N) is 3. The Bertz CT molecular complexity index is 1080. The van der Waals surface area contributed by atoms with Crippen LogP contribution in [0.2, 0.25) is 0 Å². The summed E-state index contributed by atoms with van der Waals surface area (Å²) < 4.78 is 28.5. The van der Waals surface area contributed by atoms with E-state index in [1.165, 1.54) is 18.2 Å². The minimum absolute atomic E-state index is 0.0701. The largest absolute Gasteiger partial charge is 0.366 e. The monoisotopic (exact) mass is 444 g/mol. The summed E-state index contributed by atoms with van der Waals surface area (Å²) in [6, 6.07) is 10.7. The molecule has 166 valence electrons. The highest BCUT2D eigenvalue weighted by atomic mass is 32.2. The first-order valence-corrected chi connectivity index (χ1v) is 11.7. The number of hydrogen-bond donors (Lipinski definition) is 4. The molecular formula is C22H28N4O4S. The number of primary amides is 1. The van der Waals surface area contributed by atoms with Gasteiger partial charge in [-0.1, -0.05) is 18.2 Å². The van der Waals surface area contributed by atoms with Gasteiger partial charge in [0.15, 0.2) is 0 Å². The van der Waals surface area contributed by atoms with Gasteiger partial charge in [-0.25, -0.2) is 13.1 Å². The zero-order chi connectivity index (χ0) is 22.6. The van der Waals surface area contributed by atoms with E-state index in [0.717, 1.165) is 31.5 Å². The Morgan fingerprint density at radius 3 is 2.42 bits per heavy atom. The molecule has 1 aliphatic rings. The first-order chi connectivity index (χ1) is 14.7. The number of hydrogen-bond acceptors (Lipinski definition) is 5. The molecule has 9 heteroatoms. The van der Waals surface area contributed by atoms with Crippen LogP contribution in [0.5, 0.6) is 0 Å². The van der Waals surface area contributed by atoms with E-state index in [9.17, 15) is 18.0 Å². The van der Waals surface area contributed by atoms with Crippen molar-refractivity contribution in [3.8, 4) is 0 Å². The highest BCUT2D eigenvalue weighted by Gasteiger charge is 2.26. The number of rotatable bonds is 7. The number of carbonyl (C=O) groups excluding carboxylic acids is 2. The summed E-state index contributed by atoms with van der Waals surface area (Å²) in [7, 11) is -3.86. The number of benzene rings is 2. The zero-order valence-electron chi connectivity index (χ0n) is 17.6. The molecule has 31 heavy (non-hydrogen) atoms. The van der Waals surface area contributed by atoms with Gasteiger partial charge < -0.3 is 16.4 Å². The van der Waals surface area contributed by atoms with Crippen molar-refractivity contribution in [2.24, 2.45) is 11.7 Å². The molecule has 1 saturated heterocycles. The van der Waals surface area contributed by atoms with Gasteiger partial charge in [-0.3, -0.25) is 9.59 Å². The van der Waals surface area contributed by atoms with E-state index in [1.807, 2.05) is 13.0 Å². The van der Waals surface area contributed by atoms with Crippen molar-refractivity contribution in [3.63, 3.8) is 0 Å². The number of sulfonamides is 1. The van der Waals surface area contributed by atoms with Gasteiger partial charge in [0.2, 0.25) is 10.0 Å². The van der Waals surface area contributed by atoms with Crippen molar-refractivity contribution in [2.75, 3.05) is 18.4 Å². The zero-order valence-corrected chi connectivity index (χ0v) is 18.5. The standard InChI is InChI=1S/C22H28N4O4S/c1-14-5-3-4-6-18(14)22(28)25-20-8-7-17(13-19(20)21(23)27)31(29,30)26-15(2)16-9-11-24-12-10-16/h3-8,13,15-16,24,26H,9-12H2,1-2H3,(H2,23,27)(H,25,28). The number of aryl methyl sites for hydroxylation is 1. The lowest BCUT2D eigenvalue weighted by atomic mass is 9.92. The third kappa shape index (κ3) is 5.49. The van der Waals surface area contributed by atoms with Crippen molar-refractivity contribution in [2.45, 2.75) is 37.6 Å². The summed E-state index contributed by atoms with van der Waals surface area (Å²) in [6.45, 7) is 5.36. The quantitative estimate of drug-likeness (QED) is 0.519. The molecule has 3 rings (SSSR count). The Morgan fingerprint density at radius 2 is 1.77 bits per heavy atom. The van der Waals surface area contributed by atoms with Crippen molar-refractivity contribution < 1.29 is 18.0 Å². The molecule has 0 spiro atoms. The maximum absolute atomic E-state index is 12.9. The highest BCUT2D eigenvalue weighted by molar-refractivity contribution is 7.89. The Kier molecular flexibility index (Phi) is 7.09. The average Bonchev–Trinajstić information content (AvgIpc) is 2.74. The van der Waals surface area contributed by atoms with E-state index in [1.54, 1.807) is 25.1 Å². The van der Waals surface area contributed by atoms with Gasteiger partial charge in [-0.05, 0) is 75.5 Å². The molecular weight excluding hydrogens is 416 g/mol. The van der Waals surface area contributed by atoms with Crippen molar-refractivity contribution in [1.82, 2.24) is 10.0 Å². The average molecular weight is 445 g/mol. The van der Waals surface area contributed by atoms with Crippen LogP contribution < -0.4 is 21.1 Å². The normalized spacial score (nSPS) is 15.9. The fraction of sp³-hybridized carbons (Fsp3) is 0.364. The molecule has 1 atom stereocenters. The van der Waals surface area contributed by atoms with Gasteiger partial charge >= 0.3 is 0 Å². The van der Waals surface area contributed by atoms with E-state index >= 15 is 0 Å². The molecule has 1 heterocycles. The lowest BCUT2D eigenvalue weighted by molar-refractivity contribution is 0.100. The molecule has 1 unspecified atom stereocenters. The van der Waals surface area contributed by atoms with Crippen molar-refractivity contribution in [3.05, 3.63) is 59.2 Å². The predicted octanol–water partition coefficient (Wildman–Crippen LogP) is 2.01. The molecule has 0 bridgehead atoms. The molecule has 0 radical (unpaired) electrons. The van der Waals surface area contributed by atoms with Crippen LogP contribution in [-0.2, 0) is 10.0 Å². The van der Waals surface area contributed by atoms with Gasteiger partial charge in [0, 0.05) is 11.6 Å². The first kappa shape index (κ1) is 22.9. The van der Waals surface area contributed by atoms with Gasteiger partial charge in [0.1, 0.15) is 0 Å². The van der Waals surface area contributed by atoms with Crippen LogP contribution in [-0.4, -0.2) is 39.4 Å². The third-order valence-electron chi connectivity index (χ3n) is 5.64. The van der Waals surface area contributed by atoms with Gasteiger partial charge in [0.25, 0.3) is 11.8 Å². The number of anilines is 1. The Labute approximate surface area is 182 Å². The molecule has 2 aromatic rings. The fourth-order valence-corrected chi connectivity index (χ4v) is 5.11. The Morgan fingerprint density at radius 1 is 1.10 bits per heavy atom. The van der Waals surface area contributed by atoms with E-state index in [0.29, 0.717) is 5.56 Å². The second kappa shape index (κ2) is 9.59. The first-order valence-electron chi connectivity index (χ1n) is 10.2. The van der Waals surface area contributed by atoms with Crippen molar-refractivity contribution >= 4 is 27.5 Å². The summed E-state index contributed by atoms with van der Waals surface area (Å²) in [5, 5.41) is 5.92. The summed E-state index contributed by atoms with van der Waals surface area (Å²) in [5.41, 5.74) is 6.79. The topological polar surface area (TPSA) is 130 Å². The lowest BCUT2D eigenvalue weighted by Crippen LogP contribution is -2.42. The highest BCUT2D eigenvalue weighted by Crippen LogP contribution is 2.23. The molecule has 0 aromatic heterocycles. The van der Waals surface area contributed by atoms with Crippen LogP contribution in [0.25, 0.3) is 0 Å². The van der Waals surface area contributed by atoms with Crippen LogP contribution >= 0.6 is 0 Å². The Hall–Kier alpha value is -2.75. The Balaban J connectivity index is 1.83. The van der Waals surface area contributed by atoms with E-state index in [4.69, 9.17) is 5.73 Å². The maximum Gasteiger partial charge on any atom is 0.255 e. The summed E-state index contributed by atoms with van der Waals surface area (Å²) >= 11 is 0. The SMILES string of the molecule is Cc1ccccc1C(=O)Nc1ccc(S(=O)(=O)NC(C)C2CCNCC2)cc1C(N)=O. The summed E-state index contributed by atoms with van der Waals surface area (Å²) in [6.07, 6.45) is 1.78. The van der Waals surface area contributed by atoms with Crippen molar-refractivity contribution in [1.29, 1.82) is 0 Å². The third-order valence-corrected chi connectivity index (χ3v) is 7.19. The van der Waals surface area contributed by atoms with E-state index in [-0.39, 0.29) is 28.1 Å². The van der Waals surface area contributed by atoms with Crippen LogP contribution in [0.3, 0.4) is 0 Å². The minimum Gasteiger partial charge on any atom is -0.366 e. The molecule has 1 fully saturated rings. The second-order valence-corrected chi connectivity index (χ2v) is 9.55. The van der Waals surface area contributed by atoms with Crippen LogP contribution in [0.15, 0.2) is 47.4 Å². The molecule has 5 N–H and O–H groups in total. The fourth-order valence-electron chi connectivity index (χ4n) is 3.77. The number of amides is 2. The number of carbonyl (C=O) groups is 2. The predicted molar refractivity (Wildman–Crippen MR) is 119 cm³/mol. The molecule has 0 saturated carbocycles. The molecule has 8 nitrogen and oxygen atoms in total. The van der Waals surface area contributed by atoms with E-state index < -0.39 is 21.8 Å². The van der Waals surface area contributed by atoms with Gasteiger partial charge in [-0.2, -0.15) is 0 Å². The summed E-state index contributed by atoms with van der Waals surface area (Å²) in [5.74, 6) is -1.00. The smallest absolute Gasteiger partial charge is 0.255 e. The van der Waals surface area contributed by atoms with Crippen LogP contribution in [0, 0.1) is 12.8 Å². The molecule has 1 aliphatic heterocycles. The van der Waals surface area contributed by atoms with E-state index in [2.05, 4.69) is 15.4 Å². The second-order valence-electron chi connectivity index (χ2n) is 7.84. The molecule has 2 amide bonds. The minimum atomic E-state index is -3.86. The van der Waals surface area contributed by atoms with Crippen LogP contribution in [0.4, 0.5) is 5.69 Å². The molecule has 0 aliphatic carbocycles. The summed E-state index contributed by atoms with van der Waals surface area (Å²) in [4.78, 5) is 24.5. The lowest BCUT2D eigenvalue weighted by Gasteiger charge is -2.28. The van der Waals surface area contributed by atoms with Gasteiger partial charge in [-0.15, -0.1) is 0 Å². The molecule has 2 aromatic carbocycles. The van der Waals surface area contributed by atoms with Crippen LogP contribution in [0.1, 0.15) is 46.0 Å². The number of nitrogens with two attached hydrogens (primary N) is 1. The number of piperidine rings is 1. The van der Waals surface area contributed by atoms with Gasteiger partial charge in [0.05, 0.1) is 16.1 Å².